The van der Waals surface area contributed by atoms with Crippen LogP contribution in [0.25, 0.3) is 11.3 Å². The molecule has 3 aromatic rings. The Balaban J connectivity index is 1.93. The summed E-state index contributed by atoms with van der Waals surface area (Å²) in [6, 6.07) is 15.1. The van der Waals surface area contributed by atoms with Gasteiger partial charge in [0.1, 0.15) is 6.17 Å². The first kappa shape index (κ1) is 14.5. The SMILES string of the molecule is Cc1cc(C)c2c(c1)-c1cc(C)nn1C(c1ccc(Br)cc1)N2. The van der Waals surface area contributed by atoms with Crippen molar-refractivity contribution >= 4 is 21.6 Å². The summed E-state index contributed by atoms with van der Waals surface area (Å²) < 4.78 is 3.18. The number of benzene rings is 2. The van der Waals surface area contributed by atoms with Crippen LogP contribution in [-0.4, -0.2) is 9.78 Å². The molecule has 4 rings (SSSR count). The highest BCUT2D eigenvalue weighted by molar-refractivity contribution is 9.10. The van der Waals surface area contributed by atoms with Gasteiger partial charge < -0.3 is 5.32 Å². The van der Waals surface area contributed by atoms with E-state index in [-0.39, 0.29) is 6.17 Å². The van der Waals surface area contributed by atoms with Gasteiger partial charge in [-0.25, -0.2) is 4.68 Å². The number of rotatable bonds is 1. The summed E-state index contributed by atoms with van der Waals surface area (Å²) >= 11 is 3.51. The summed E-state index contributed by atoms with van der Waals surface area (Å²) in [4.78, 5) is 0. The maximum atomic E-state index is 4.73. The van der Waals surface area contributed by atoms with E-state index in [0.29, 0.717) is 0 Å². The molecule has 0 aliphatic carbocycles. The molecule has 0 saturated carbocycles. The number of fused-ring (bicyclic) bond motifs is 3. The normalized spacial score (nSPS) is 15.7. The molecule has 1 aromatic heterocycles. The van der Waals surface area contributed by atoms with E-state index >= 15 is 0 Å². The van der Waals surface area contributed by atoms with E-state index in [2.05, 4.69) is 82.2 Å². The molecule has 3 nitrogen and oxygen atoms in total. The van der Waals surface area contributed by atoms with Crippen LogP contribution in [0.5, 0.6) is 0 Å². The van der Waals surface area contributed by atoms with Gasteiger partial charge in [0.15, 0.2) is 0 Å². The molecule has 0 amide bonds. The van der Waals surface area contributed by atoms with Crippen molar-refractivity contribution in [2.75, 3.05) is 5.32 Å². The third-order valence-corrected chi connectivity index (χ3v) is 4.85. The Morgan fingerprint density at radius 3 is 2.52 bits per heavy atom. The molecule has 1 atom stereocenters. The molecule has 4 heteroatoms. The van der Waals surface area contributed by atoms with Gasteiger partial charge in [-0.15, -0.1) is 0 Å². The number of aryl methyl sites for hydroxylation is 3. The smallest absolute Gasteiger partial charge is 0.147 e. The van der Waals surface area contributed by atoms with Crippen molar-refractivity contribution in [2.45, 2.75) is 26.9 Å². The lowest BCUT2D eigenvalue weighted by molar-refractivity contribution is 0.570. The van der Waals surface area contributed by atoms with Gasteiger partial charge >= 0.3 is 0 Å². The molecule has 1 N–H and O–H groups in total. The maximum absolute atomic E-state index is 4.73. The Morgan fingerprint density at radius 1 is 1.04 bits per heavy atom. The molecule has 0 radical (unpaired) electrons. The highest BCUT2D eigenvalue weighted by Crippen LogP contribution is 2.41. The van der Waals surface area contributed by atoms with Crippen molar-refractivity contribution in [1.29, 1.82) is 0 Å². The Morgan fingerprint density at radius 2 is 1.78 bits per heavy atom. The van der Waals surface area contributed by atoms with Gasteiger partial charge in [0.2, 0.25) is 0 Å². The molecule has 0 saturated heterocycles. The standard InChI is InChI=1S/C19H18BrN3/c1-11-8-12(2)18-16(9-11)17-10-13(3)22-23(17)19(21-18)14-4-6-15(20)7-5-14/h4-10,19,21H,1-3H3. The average molecular weight is 368 g/mol. The molecule has 1 aliphatic rings. The lowest BCUT2D eigenvalue weighted by Gasteiger charge is -2.30. The van der Waals surface area contributed by atoms with E-state index in [1.54, 1.807) is 0 Å². The van der Waals surface area contributed by atoms with Gasteiger partial charge in [-0.2, -0.15) is 5.10 Å². The number of nitrogens with one attached hydrogen (secondary N) is 1. The van der Waals surface area contributed by atoms with E-state index in [1.807, 2.05) is 6.92 Å². The number of aromatic nitrogens is 2. The largest absolute Gasteiger partial charge is 0.359 e. The van der Waals surface area contributed by atoms with E-state index in [1.165, 1.54) is 33.6 Å². The van der Waals surface area contributed by atoms with Crippen LogP contribution in [0.3, 0.4) is 0 Å². The van der Waals surface area contributed by atoms with Gasteiger partial charge in [0.25, 0.3) is 0 Å². The molecule has 2 heterocycles. The second-order valence-corrected chi connectivity index (χ2v) is 7.13. The summed E-state index contributed by atoms with van der Waals surface area (Å²) in [5, 5.41) is 8.42. The molecule has 0 spiro atoms. The first-order chi connectivity index (χ1) is 11.0. The van der Waals surface area contributed by atoms with Crippen LogP contribution in [0.4, 0.5) is 5.69 Å². The number of nitrogens with zero attached hydrogens (tertiary/aromatic N) is 2. The molecule has 2 aromatic carbocycles. The van der Waals surface area contributed by atoms with E-state index in [0.717, 1.165) is 10.2 Å². The van der Waals surface area contributed by atoms with Gasteiger partial charge in [0, 0.05) is 15.7 Å². The third-order valence-electron chi connectivity index (χ3n) is 4.33. The Hall–Kier alpha value is -2.07. The monoisotopic (exact) mass is 367 g/mol. The fourth-order valence-corrected chi connectivity index (χ4v) is 3.61. The van der Waals surface area contributed by atoms with Crippen LogP contribution in [0.2, 0.25) is 0 Å². The van der Waals surface area contributed by atoms with Gasteiger partial charge in [0.05, 0.1) is 11.4 Å². The van der Waals surface area contributed by atoms with Gasteiger partial charge in [-0.1, -0.05) is 39.7 Å². The molecule has 0 bridgehead atoms. The van der Waals surface area contributed by atoms with Crippen molar-refractivity contribution in [1.82, 2.24) is 9.78 Å². The van der Waals surface area contributed by atoms with Crippen LogP contribution in [-0.2, 0) is 0 Å². The van der Waals surface area contributed by atoms with Gasteiger partial charge in [-0.3, -0.25) is 0 Å². The minimum absolute atomic E-state index is 0.0145. The lowest BCUT2D eigenvalue weighted by Crippen LogP contribution is -2.26. The van der Waals surface area contributed by atoms with E-state index in [4.69, 9.17) is 5.10 Å². The van der Waals surface area contributed by atoms with E-state index < -0.39 is 0 Å². The van der Waals surface area contributed by atoms with Crippen molar-refractivity contribution in [2.24, 2.45) is 0 Å². The zero-order valence-electron chi connectivity index (χ0n) is 13.4. The van der Waals surface area contributed by atoms with Crippen molar-refractivity contribution in [3.05, 3.63) is 69.3 Å². The summed E-state index contributed by atoms with van der Waals surface area (Å²) in [5.74, 6) is 0. The zero-order chi connectivity index (χ0) is 16.1. The fourth-order valence-electron chi connectivity index (χ4n) is 3.34. The van der Waals surface area contributed by atoms with Crippen molar-refractivity contribution in [3.8, 4) is 11.3 Å². The second kappa shape index (κ2) is 5.24. The molecule has 23 heavy (non-hydrogen) atoms. The topological polar surface area (TPSA) is 29.9 Å². The first-order valence-corrected chi connectivity index (χ1v) is 8.52. The first-order valence-electron chi connectivity index (χ1n) is 7.73. The predicted octanol–water partition coefficient (Wildman–Crippen LogP) is 5.21. The third kappa shape index (κ3) is 2.38. The summed E-state index contributed by atoms with van der Waals surface area (Å²) in [5.41, 5.74) is 8.39. The second-order valence-electron chi connectivity index (χ2n) is 6.22. The predicted molar refractivity (Wildman–Crippen MR) is 97.8 cm³/mol. The number of hydrogen-bond acceptors (Lipinski definition) is 2. The van der Waals surface area contributed by atoms with E-state index in [9.17, 15) is 0 Å². The number of halogens is 1. The minimum Gasteiger partial charge on any atom is -0.359 e. The molecule has 1 unspecified atom stereocenters. The minimum atomic E-state index is 0.0145. The van der Waals surface area contributed by atoms with Crippen molar-refractivity contribution in [3.63, 3.8) is 0 Å². The summed E-state index contributed by atoms with van der Waals surface area (Å²) in [6.45, 7) is 6.35. The highest BCUT2D eigenvalue weighted by atomic mass is 79.9. The van der Waals surface area contributed by atoms with Crippen LogP contribution in [0, 0.1) is 20.8 Å². The molecule has 0 fully saturated rings. The van der Waals surface area contributed by atoms with Crippen LogP contribution < -0.4 is 5.32 Å². The van der Waals surface area contributed by atoms with Crippen LogP contribution in [0.1, 0.15) is 28.6 Å². The number of hydrogen-bond donors (Lipinski definition) is 1. The molecular formula is C19H18BrN3. The maximum Gasteiger partial charge on any atom is 0.147 e. The molecule has 116 valence electrons. The highest BCUT2D eigenvalue weighted by Gasteiger charge is 2.27. The molecule has 1 aliphatic heterocycles. The summed E-state index contributed by atoms with van der Waals surface area (Å²) in [7, 11) is 0. The van der Waals surface area contributed by atoms with Gasteiger partial charge in [-0.05, 0) is 56.2 Å². The summed E-state index contributed by atoms with van der Waals surface area (Å²) in [6.07, 6.45) is 0.0145. The van der Waals surface area contributed by atoms with Crippen LogP contribution in [0.15, 0.2) is 46.9 Å². The Kier molecular flexibility index (Phi) is 3.31. The average Bonchev–Trinajstić information content (AvgIpc) is 2.89. The van der Waals surface area contributed by atoms with Crippen LogP contribution >= 0.6 is 15.9 Å². The zero-order valence-corrected chi connectivity index (χ0v) is 15.0. The molecular weight excluding hydrogens is 350 g/mol. The van der Waals surface area contributed by atoms with Crippen molar-refractivity contribution < 1.29 is 0 Å². The number of anilines is 1. The fraction of sp³-hybridized carbons (Fsp3) is 0.211. The lowest BCUT2D eigenvalue weighted by atomic mass is 9.98. The quantitative estimate of drug-likeness (QED) is 0.639. The Bertz CT molecular complexity index is 894. The Labute approximate surface area is 144 Å².